The number of aromatic nitrogens is 1. The number of hydrogen-bond donors (Lipinski definition) is 1. The van der Waals surface area contributed by atoms with Crippen LogP contribution in [-0.2, 0) is 20.9 Å². The Balaban J connectivity index is 1.59. The number of hydrogen-bond acceptors (Lipinski definition) is 5. The molecule has 0 unspecified atom stereocenters. The van der Waals surface area contributed by atoms with Gasteiger partial charge in [0.1, 0.15) is 23.1 Å². The van der Waals surface area contributed by atoms with Gasteiger partial charge in [0.05, 0.1) is 0 Å². The third-order valence-corrected chi connectivity index (χ3v) is 5.13. The molecule has 174 valence electrons. The van der Waals surface area contributed by atoms with E-state index in [0.717, 1.165) is 29.9 Å². The minimum absolute atomic E-state index is 0.164. The monoisotopic (exact) mass is 457 g/mol. The molecule has 0 spiro atoms. The van der Waals surface area contributed by atoms with Crippen LogP contribution >= 0.6 is 0 Å². The first kappa shape index (κ1) is 24.3. The second-order valence-corrected chi connectivity index (χ2v) is 7.72. The number of carbonyl (C=O) groups is 2. The van der Waals surface area contributed by atoms with E-state index in [2.05, 4.69) is 16.8 Å². The van der Waals surface area contributed by atoms with E-state index in [0.29, 0.717) is 17.2 Å². The van der Waals surface area contributed by atoms with E-state index in [-0.39, 0.29) is 5.57 Å². The molecule has 3 aromatic rings. The van der Waals surface area contributed by atoms with Crippen molar-refractivity contribution in [2.75, 3.05) is 11.9 Å². The van der Waals surface area contributed by atoms with Gasteiger partial charge in [-0.15, -0.1) is 0 Å². The van der Waals surface area contributed by atoms with Gasteiger partial charge in [0.25, 0.3) is 5.91 Å². The first-order valence-electron chi connectivity index (χ1n) is 11.0. The van der Waals surface area contributed by atoms with Crippen molar-refractivity contribution in [2.24, 2.45) is 0 Å². The fourth-order valence-corrected chi connectivity index (χ4v) is 3.50. The Morgan fingerprint density at radius 3 is 2.50 bits per heavy atom. The van der Waals surface area contributed by atoms with E-state index in [9.17, 15) is 14.9 Å². The minimum atomic E-state index is -0.848. The number of amides is 1. The molecule has 0 fully saturated rings. The van der Waals surface area contributed by atoms with Crippen molar-refractivity contribution in [1.82, 2.24) is 4.57 Å². The highest BCUT2D eigenvalue weighted by Gasteiger charge is 2.16. The number of benzene rings is 2. The molecule has 7 heteroatoms. The lowest BCUT2D eigenvalue weighted by atomic mass is 10.1. The fraction of sp³-hybridized carbons (Fsp3) is 0.222. The van der Waals surface area contributed by atoms with Crippen molar-refractivity contribution < 1.29 is 19.1 Å². The lowest BCUT2D eigenvalue weighted by molar-refractivity contribution is -0.142. The Morgan fingerprint density at radius 2 is 1.79 bits per heavy atom. The predicted octanol–water partition coefficient (Wildman–Crippen LogP) is 5.40. The third kappa shape index (κ3) is 6.36. The van der Waals surface area contributed by atoms with E-state index in [1.165, 1.54) is 6.08 Å². The van der Waals surface area contributed by atoms with Crippen molar-refractivity contribution in [3.05, 3.63) is 83.2 Å². The van der Waals surface area contributed by atoms with Crippen LogP contribution in [0.5, 0.6) is 11.5 Å². The van der Waals surface area contributed by atoms with Gasteiger partial charge in [-0.3, -0.25) is 4.79 Å². The second-order valence-electron chi connectivity index (χ2n) is 7.72. The zero-order valence-electron chi connectivity index (χ0n) is 19.5. The first-order chi connectivity index (χ1) is 16.4. The summed E-state index contributed by atoms with van der Waals surface area (Å²) < 4.78 is 13.0. The molecule has 0 saturated carbocycles. The number of nitriles is 1. The minimum Gasteiger partial charge on any atom is -0.457 e. The molecule has 1 amide bonds. The number of nitrogens with zero attached hydrogens (tertiary/aromatic N) is 2. The number of esters is 1. The fourth-order valence-electron chi connectivity index (χ4n) is 3.50. The molecule has 3 rings (SSSR count). The van der Waals surface area contributed by atoms with Gasteiger partial charge in [-0.2, -0.15) is 5.26 Å². The summed E-state index contributed by atoms with van der Waals surface area (Å²) in [5, 5.41) is 12.1. The molecule has 0 aliphatic rings. The van der Waals surface area contributed by atoms with E-state index < -0.39 is 18.5 Å². The molecular formula is C27H27N3O4. The second kappa shape index (κ2) is 11.5. The predicted molar refractivity (Wildman–Crippen MR) is 130 cm³/mol. The molecular weight excluding hydrogens is 430 g/mol. The van der Waals surface area contributed by atoms with E-state index >= 15 is 0 Å². The average Bonchev–Trinajstić information content (AvgIpc) is 3.09. The smallest absolute Gasteiger partial charge is 0.349 e. The zero-order valence-corrected chi connectivity index (χ0v) is 19.5. The summed E-state index contributed by atoms with van der Waals surface area (Å²) in [5.41, 5.74) is 3.13. The average molecular weight is 458 g/mol. The summed E-state index contributed by atoms with van der Waals surface area (Å²) in [7, 11) is 0. The summed E-state index contributed by atoms with van der Waals surface area (Å²) >= 11 is 0. The van der Waals surface area contributed by atoms with Gasteiger partial charge in [0, 0.05) is 29.7 Å². The molecule has 0 bridgehead atoms. The molecule has 2 aromatic carbocycles. The topological polar surface area (TPSA) is 93.4 Å². The molecule has 0 aliphatic carbocycles. The van der Waals surface area contributed by atoms with Crippen molar-refractivity contribution in [3.8, 4) is 17.6 Å². The molecule has 7 nitrogen and oxygen atoms in total. The summed E-state index contributed by atoms with van der Waals surface area (Å²) in [6.45, 7) is 6.35. The van der Waals surface area contributed by atoms with Crippen molar-refractivity contribution in [3.63, 3.8) is 0 Å². The van der Waals surface area contributed by atoms with Crippen LogP contribution in [0.4, 0.5) is 5.69 Å². The lowest BCUT2D eigenvalue weighted by Gasteiger charge is -2.09. The van der Waals surface area contributed by atoms with Gasteiger partial charge in [-0.1, -0.05) is 31.2 Å². The number of para-hydroxylation sites is 1. The highest BCUT2D eigenvalue weighted by atomic mass is 16.5. The zero-order chi connectivity index (χ0) is 24.5. The maximum atomic E-state index is 12.4. The normalized spacial score (nSPS) is 10.9. The number of aryl methyl sites for hydroxylation is 1. The Kier molecular flexibility index (Phi) is 8.25. The molecule has 0 aliphatic heterocycles. The number of ether oxygens (including phenoxy) is 2. The first-order valence-corrected chi connectivity index (χ1v) is 11.0. The largest absolute Gasteiger partial charge is 0.457 e. The van der Waals surface area contributed by atoms with Gasteiger partial charge >= 0.3 is 5.97 Å². The molecule has 0 saturated heterocycles. The standard InChI is InChI=1S/C27H27N3O4/c1-4-13-30-19(2)14-21(20(30)3)15-22(17-28)27(32)33-18-26(31)29-23-9-8-12-25(16-23)34-24-10-6-5-7-11-24/h5-12,14-16H,4,13,18H2,1-3H3,(H,29,31). The highest BCUT2D eigenvalue weighted by Crippen LogP contribution is 2.24. The van der Waals surface area contributed by atoms with E-state index in [4.69, 9.17) is 9.47 Å². The molecule has 1 heterocycles. The van der Waals surface area contributed by atoms with Crippen molar-refractivity contribution in [2.45, 2.75) is 33.7 Å². The Labute approximate surface area is 199 Å². The highest BCUT2D eigenvalue weighted by molar-refractivity contribution is 6.00. The van der Waals surface area contributed by atoms with Crippen LogP contribution < -0.4 is 10.1 Å². The van der Waals surface area contributed by atoms with Crippen LogP contribution in [0, 0.1) is 25.2 Å². The Morgan fingerprint density at radius 1 is 1.06 bits per heavy atom. The van der Waals surface area contributed by atoms with Crippen LogP contribution in [0.1, 0.15) is 30.3 Å². The maximum absolute atomic E-state index is 12.4. The van der Waals surface area contributed by atoms with E-state index in [1.54, 1.807) is 24.3 Å². The molecule has 1 aromatic heterocycles. The van der Waals surface area contributed by atoms with Gasteiger partial charge in [0.15, 0.2) is 6.61 Å². The third-order valence-electron chi connectivity index (χ3n) is 5.13. The summed E-state index contributed by atoms with van der Waals surface area (Å²) in [6.07, 6.45) is 2.47. The van der Waals surface area contributed by atoms with Crippen LogP contribution in [0.25, 0.3) is 6.08 Å². The van der Waals surface area contributed by atoms with Crippen LogP contribution in [0.3, 0.4) is 0 Å². The van der Waals surface area contributed by atoms with Gasteiger partial charge in [-0.25, -0.2) is 4.79 Å². The number of nitrogens with one attached hydrogen (secondary N) is 1. The number of anilines is 1. The summed E-state index contributed by atoms with van der Waals surface area (Å²) in [4.78, 5) is 24.7. The summed E-state index contributed by atoms with van der Waals surface area (Å²) in [6, 6.07) is 19.9. The van der Waals surface area contributed by atoms with Gasteiger partial charge < -0.3 is 19.4 Å². The van der Waals surface area contributed by atoms with Crippen LogP contribution in [0.2, 0.25) is 0 Å². The molecule has 0 atom stereocenters. The van der Waals surface area contributed by atoms with Crippen LogP contribution in [0.15, 0.2) is 66.2 Å². The maximum Gasteiger partial charge on any atom is 0.349 e. The molecule has 34 heavy (non-hydrogen) atoms. The quantitative estimate of drug-likeness (QED) is 0.264. The van der Waals surface area contributed by atoms with Crippen molar-refractivity contribution in [1.29, 1.82) is 5.26 Å². The molecule has 0 radical (unpaired) electrons. The number of carbonyl (C=O) groups excluding carboxylic acids is 2. The van der Waals surface area contributed by atoms with Gasteiger partial charge in [0.2, 0.25) is 0 Å². The van der Waals surface area contributed by atoms with E-state index in [1.807, 2.05) is 56.3 Å². The molecule has 1 N–H and O–H groups in total. The van der Waals surface area contributed by atoms with Crippen molar-refractivity contribution >= 4 is 23.6 Å². The Bertz CT molecular complexity index is 1240. The SMILES string of the molecule is CCCn1c(C)cc(C=C(C#N)C(=O)OCC(=O)Nc2cccc(Oc3ccccc3)c2)c1C. The van der Waals surface area contributed by atoms with Crippen LogP contribution in [-0.4, -0.2) is 23.1 Å². The lowest BCUT2D eigenvalue weighted by Crippen LogP contribution is -2.21. The Hall–Kier alpha value is -4.31. The summed E-state index contributed by atoms with van der Waals surface area (Å²) in [5.74, 6) is -0.148. The number of rotatable bonds is 9. The van der Waals surface area contributed by atoms with Gasteiger partial charge in [-0.05, 0) is 62.2 Å².